The second-order valence-electron chi connectivity index (χ2n) is 6.11. The SMILES string of the molecule is CC(c1cc(O)cc(O)c1)N1CCCC1C1CCCN1. The van der Waals surface area contributed by atoms with E-state index in [-0.39, 0.29) is 17.5 Å². The van der Waals surface area contributed by atoms with Gasteiger partial charge >= 0.3 is 0 Å². The highest BCUT2D eigenvalue weighted by atomic mass is 16.3. The molecule has 1 aromatic rings. The summed E-state index contributed by atoms with van der Waals surface area (Å²) in [7, 11) is 0. The lowest BCUT2D eigenvalue weighted by Gasteiger charge is -2.34. The summed E-state index contributed by atoms with van der Waals surface area (Å²) in [6.45, 7) is 4.40. The summed E-state index contributed by atoms with van der Waals surface area (Å²) in [5, 5.41) is 23.0. The smallest absolute Gasteiger partial charge is 0.119 e. The Labute approximate surface area is 120 Å². The van der Waals surface area contributed by atoms with Crippen molar-refractivity contribution < 1.29 is 10.2 Å². The highest BCUT2D eigenvalue weighted by Gasteiger charge is 2.35. The van der Waals surface area contributed by atoms with Crippen LogP contribution in [0.25, 0.3) is 0 Å². The predicted molar refractivity (Wildman–Crippen MR) is 78.9 cm³/mol. The van der Waals surface area contributed by atoms with Crippen molar-refractivity contribution in [3.8, 4) is 11.5 Å². The second-order valence-corrected chi connectivity index (χ2v) is 6.11. The van der Waals surface area contributed by atoms with Crippen LogP contribution < -0.4 is 5.32 Å². The van der Waals surface area contributed by atoms with Crippen molar-refractivity contribution in [2.75, 3.05) is 13.1 Å². The third-order valence-corrected chi connectivity index (χ3v) is 4.81. The molecule has 2 aliphatic heterocycles. The summed E-state index contributed by atoms with van der Waals surface area (Å²) in [6.07, 6.45) is 5.01. The van der Waals surface area contributed by atoms with E-state index in [9.17, 15) is 10.2 Å². The molecule has 0 spiro atoms. The molecule has 2 saturated heterocycles. The van der Waals surface area contributed by atoms with Crippen molar-refractivity contribution in [2.24, 2.45) is 0 Å². The largest absolute Gasteiger partial charge is 0.508 e. The first-order valence-corrected chi connectivity index (χ1v) is 7.67. The fraction of sp³-hybridized carbons (Fsp3) is 0.625. The molecule has 2 heterocycles. The summed E-state index contributed by atoms with van der Waals surface area (Å²) in [5.41, 5.74) is 0.993. The molecule has 110 valence electrons. The van der Waals surface area contributed by atoms with Gasteiger partial charge in [0.1, 0.15) is 11.5 Å². The quantitative estimate of drug-likeness (QED) is 0.793. The first kappa shape index (κ1) is 13.7. The minimum atomic E-state index is 0.140. The van der Waals surface area contributed by atoms with Crippen molar-refractivity contribution in [3.63, 3.8) is 0 Å². The van der Waals surface area contributed by atoms with Gasteiger partial charge in [-0.3, -0.25) is 4.90 Å². The first-order valence-electron chi connectivity index (χ1n) is 7.67. The monoisotopic (exact) mass is 276 g/mol. The number of phenols is 2. The predicted octanol–water partition coefficient (Wildman–Crippen LogP) is 2.38. The molecule has 3 N–H and O–H groups in total. The van der Waals surface area contributed by atoms with Crippen molar-refractivity contribution in [2.45, 2.75) is 50.7 Å². The maximum Gasteiger partial charge on any atom is 0.119 e. The van der Waals surface area contributed by atoms with Crippen LogP contribution in [-0.2, 0) is 0 Å². The van der Waals surface area contributed by atoms with Gasteiger partial charge in [-0.1, -0.05) is 0 Å². The highest BCUT2D eigenvalue weighted by Crippen LogP contribution is 2.35. The zero-order valence-corrected chi connectivity index (χ0v) is 12.0. The normalized spacial score (nSPS) is 28.9. The van der Waals surface area contributed by atoms with Gasteiger partial charge in [0, 0.05) is 24.2 Å². The molecule has 0 aromatic heterocycles. The molecular formula is C16H24N2O2. The summed E-state index contributed by atoms with van der Waals surface area (Å²) in [6, 6.07) is 6.32. The summed E-state index contributed by atoms with van der Waals surface area (Å²) in [4.78, 5) is 2.53. The molecule has 0 amide bonds. The van der Waals surface area contributed by atoms with E-state index < -0.39 is 0 Å². The van der Waals surface area contributed by atoms with Crippen molar-refractivity contribution >= 4 is 0 Å². The first-order chi connectivity index (χ1) is 9.65. The Balaban J connectivity index is 1.79. The van der Waals surface area contributed by atoms with Gasteiger partial charge in [-0.15, -0.1) is 0 Å². The second kappa shape index (κ2) is 5.62. The van der Waals surface area contributed by atoms with Gasteiger partial charge in [0.25, 0.3) is 0 Å². The lowest BCUT2D eigenvalue weighted by Crippen LogP contribution is -2.44. The maximum absolute atomic E-state index is 9.67. The Kier molecular flexibility index (Phi) is 3.85. The number of hydrogen-bond acceptors (Lipinski definition) is 4. The number of hydrogen-bond donors (Lipinski definition) is 3. The van der Waals surface area contributed by atoms with Gasteiger partial charge < -0.3 is 15.5 Å². The molecule has 4 nitrogen and oxygen atoms in total. The number of aromatic hydroxyl groups is 2. The van der Waals surface area contributed by atoms with E-state index in [2.05, 4.69) is 17.1 Å². The zero-order chi connectivity index (χ0) is 14.1. The third-order valence-electron chi connectivity index (χ3n) is 4.81. The Morgan fingerprint density at radius 2 is 1.90 bits per heavy atom. The van der Waals surface area contributed by atoms with Crippen molar-refractivity contribution in [1.29, 1.82) is 0 Å². The van der Waals surface area contributed by atoms with Crippen LogP contribution in [0.3, 0.4) is 0 Å². The Morgan fingerprint density at radius 1 is 1.15 bits per heavy atom. The Hall–Kier alpha value is -1.26. The van der Waals surface area contributed by atoms with Crippen LogP contribution in [0, 0.1) is 0 Å². The van der Waals surface area contributed by atoms with Crippen LogP contribution in [-0.4, -0.2) is 40.3 Å². The number of likely N-dealkylation sites (tertiary alicyclic amines) is 1. The number of nitrogens with zero attached hydrogens (tertiary/aromatic N) is 1. The molecule has 2 fully saturated rings. The van der Waals surface area contributed by atoms with E-state index in [1.807, 2.05) is 0 Å². The number of phenolic OH excluding ortho intramolecular Hbond substituents is 2. The molecule has 3 atom stereocenters. The fourth-order valence-corrected chi connectivity index (χ4v) is 3.82. The van der Waals surface area contributed by atoms with Gasteiger partial charge in [0.15, 0.2) is 0 Å². The topological polar surface area (TPSA) is 55.7 Å². The van der Waals surface area contributed by atoms with Crippen LogP contribution in [0.15, 0.2) is 18.2 Å². The lowest BCUT2D eigenvalue weighted by molar-refractivity contribution is 0.163. The van der Waals surface area contributed by atoms with Gasteiger partial charge in [0.05, 0.1) is 0 Å². The van der Waals surface area contributed by atoms with Gasteiger partial charge in [-0.2, -0.15) is 0 Å². The zero-order valence-electron chi connectivity index (χ0n) is 12.0. The molecular weight excluding hydrogens is 252 g/mol. The molecule has 0 radical (unpaired) electrons. The summed E-state index contributed by atoms with van der Waals surface area (Å²) in [5.74, 6) is 0.281. The van der Waals surface area contributed by atoms with E-state index in [4.69, 9.17) is 0 Å². The van der Waals surface area contributed by atoms with E-state index in [0.717, 1.165) is 18.7 Å². The lowest BCUT2D eigenvalue weighted by atomic mass is 10.0. The summed E-state index contributed by atoms with van der Waals surface area (Å²) >= 11 is 0. The van der Waals surface area contributed by atoms with E-state index in [1.165, 1.54) is 31.7 Å². The fourth-order valence-electron chi connectivity index (χ4n) is 3.82. The van der Waals surface area contributed by atoms with Crippen LogP contribution in [0.5, 0.6) is 11.5 Å². The number of benzene rings is 1. The molecule has 4 heteroatoms. The van der Waals surface area contributed by atoms with Crippen LogP contribution in [0.4, 0.5) is 0 Å². The summed E-state index contributed by atoms with van der Waals surface area (Å²) < 4.78 is 0. The molecule has 0 saturated carbocycles. The minimum absolute atomic E-state index is 0.140. The molecule has 0 bridgehead atoms. The van der Waals surface area contributed by atoms with Crippen LogP contribution in [0.2, 0.25) is 0 Å². The average Bonchev–Trinajstić information content (AvgIpc) is 3.07. The van der Waals surface area contributed by atoms with Gasteiger partial charge in [-0.05, 0) is 63.4 Å². The Morgan fingerprint density at radius 3 is 2.55 bits per heavy atom. The maximum atomic E-state index is 9.67. The van der Waals surface area contributed by atoms with Crippen molar-refractivity contribution in [1.82, 2.24) is 10.2 Å². The van der Waals surface area contributed by atoms with E-state index >= 15 is 0 Å². The molecule has 0 aliphatic carbocycles. The molecule has 2 aliphatic rings. The van der Waals surface area contributed by atoms with Crippen LogP contribution in [0.1, 0.15) is 44.2 Å². The molecule has 1 aromatic carbocycles. The van der Waals surface area contributed by atoms with Crippen LogP contribution >= 0.6 is 0 Å². The van der Waals surface area contributed by atoms with Crippen molar-refractivity contribution in [3.05, 3.63) is 23.8 Å². The minimum Gasteiger partial charge on any atom is -0.508 e. The van der Waals surface area contributed by atoms with Gasteiger partial charge in [-0.25, -0.2) is 0 Å². The standard InChI is InChI=1S/C16H24N2O2/c1-11(12-8-13(19)10-14(20)9-12)18-7-3-5-16(18)15-4-2-6-17-15/h8-11,15-17,19-20H,2-7H2,1H3. The molecule has 3 rings (SSSR count). The third kappa shape index (κ3) is 2.63. The highest BCUT2D eigenvalue weighted by molar-refractivity contribution is 5.38. The average molecular weight is 276 g/mol. The molecule has 20 heavy (non-hydrogen) atoms. The number of nitrogens with one attached hydrogen (secondary N) is 1. The van der Waals surface area contributed by atoms with E-state index in [1.54, 1.807) is 12.1 Å². The molecule has 3 unspecified atom stereocenters. The van der Waals surface area contributed by atoms with Gasteiger partial charge in [0.2, 0.25) is 0 Å². The van der Waals surface area contributed by atoms with E-state index in [0.29, 0.717) is 12.1 Å². The number of rotatable bonds is 3. The Bertz CT molecular complexity index is 451.